The molecule has 2 heterocycles. The van der Waals surface area contributed by atoms with Crippen LogP contribution < -0.4 is 0 Å². The molecule has 2 atom stereocenters. The van der Waals surface area contributed by atoms with Crippen molar-refractivity contribution in [1.29, 1.82) is 0 Å². The van der Waals surface area contributed by atoms with Crippen molar-refractivity contribution in [2.24, 2.45) is 0 Å². The molecule has 104 valence electrons. The fourth-order valence-corrected chi connectivity index (χ4v) is 2.70. The van der Waals surface area contributed by atoms with E-state index in [1.165, 1.54) is 0 Å². The second kappa shape index (κ2) is 5.38. The summed E-state index contributed by atoms with van der Waals surface area (Å²) in [6.45, 7) is 2.35. The summed E-state index contributed by atoms with van der Waals surface area (Å²) in [4.78, 5) is 18.4. The van der Waals surface area contributed by atoms with Gasteiger partial charge in [-0.3, -0.25) is 4.79 Å². The summed E-state index contributed by atoms with van der Waals surface area (Å²) in [5, 5.41) is 3.99. The Morgan fingerprint density at radius 3 is 3.05 bits per heavy atom. The molecule has 6 nitrogen and oxygen atoms in total. The van der Waals surface area contributed by atoms with Crippen molar-refractivity contribution in [3.63, 3.8) is 0 Å². The predicted molar refractivity (Wildman–Crippen MR) is 66.7 cm³/mol. The predicted octanol–water partition coefficient (Wildman–Crippen LogP) is 1.30. The van der Waals surface area contributed by atoms with E-state index in [0.717, 1.165) is 32.4 Å². The normalized spacial score (nSPS) is 29.6. The first kappa shape index (κ1) is 12.7. The minimum atomic E-state index is -0.198. The zero-order valence-electron chi connectivity index (χ0n) is 11.2. The van der Waals surface area contributed by atoms with Gasteiger partial charge in [-0.1, -0.05) is 11.6 Å². The monoisotopic (exact) mass is 265 g/mol. The summed E-state index contributed by atoms with van der Waals surface area (Å²) in [5.74, 6) is 1.07. The Morgan fingerprint density at radius 1 is 1.37 bits per heavy atom. The molecule has 0 amide bonds. The molecule has 2 fully saturated rings. The number of morpholine rings is 1. The Labute approximate surface area is 112 Å². The fourth-order valence-electron chi connectivity index (χ4n) is 2.70. The van der Waals surface area contributed by atoms with E-state index < -0.39 is 0 Å². The third-order valence-corrected chi connectivity index (χ3v) is 3.87. The lowest BCUT2D eigenvalue weighted by molar-refractivity contribution is -0.122. The third-order valence-electron chi connectivity index (χ3n) is 3.87. The van der Waals surface area contributed by atoms with Crippen LogP contribution in [0.4, 0.5) is 0 Å². The van der Waals surface area contributed by atoms with E-state index in [1.54, 1.807) is 0 Å². The smallest absolute Gasteiger partial charge is 0.237 e. The summed E-state index contributed by atoms with van der Waals surface area (Å²) < 4.78 is 10.9. The van der Waals surface area contributed by atoms with Crippen molar-refractivity contribution in [2.45, 2.75) is 37.7 Å². The van der Waals surface area contributed by atoms with Crippen LogP contribution in [0.15, 0.2) is 4.52 Å². The number of carbonyl (C=O) groups excluding carboxylic acids is 1. The van der Waals surface area contributed by atoms with E-state index in [4.69, 9.17) is 9.26 Å². The van der Waals surface area contributed by atoms with Crippen LogP contribution in [-0.4, -0.2) is 47.6 Å². The van der Waals surface area contributed by atoms with Gasteiger partial charge in [0.05, 0.1) is 12.5 Å². The van der Waals surface area contributed by atoms with Gasteiger partial charge in [0.25, 0.3) is 0 Å². The lowest BCUT2D eigenvalue weighted by atomic mass is 9.88. The molecule has 1 saturated carbocycles. The number of ether oxygens (including phenoxy) is 1. The quantitative estimate of drug-likeness (QED) is 0.803. The van der Waals surface area contributed by atoms with Crippen molar-refractivity contribution in [3.8, 4) is 0 Å². The first-order valence-electron chi connectivity index (χ1n) is 6.90. The SMILES string of the molecule is CN1CCOC(c2noc(C3CCCCC3=O)n2)C1. The molecular weight excluding hydrogens is 246 g/mol. The zero-order valence-corrected chi connectivity index (χ0v) is 11.2. The van der Waals surface area contributed by atoms with Crippen LogP contribution in [0, 0.1) is 0 Å². The molecule has 3 rings (SSSR count). The van der Waals surface area contributed by atoms with Crippen molar-refractivity contribution in [2.75, 3.05) is 26.7 Å². The standard InChI is InChI=1S/C13H19N3O3/c1-16-6-7-18-11(8-16)12-14-13(19-15-12)9-4-2-3-5-10(9)17/h9,11H,2-8H2,1H3. The molecule has 6 heteroatoms. The van der Waals surface area contributed by atoms with E-state index in [2.05, 4.69) is 15.0 Å². The van der Waals surface area contributed by atoms with Crippen molar-refractivity contribution in [3.05, 3.63) is 11.7 Å². The molecule has 19 heavy (non-hydrogen) atoms. The number of ketones is 1. The van der Waals surface area contributed by atoms with Gasteiger partial charge < -0.3 is 14.2 Å². The Kier molecular flexibility index (Phi) is 3.61. The molecule has 1 aromatic heterocycles. The molecule has 1 saturated heterocycles. The van der Waals surface area contributed by atoms with E-state index in [-0.39, 0.29) is 17.8 Å². The molecule has 1 aromatic rings. The van der Waals surface area contributed by atoms with Gasteiger partial charge in [-0.2, -0.15) is 4.98 Å². The molecule has 1 aliphatic carbocycles. The van der Waals surface area contributed by atoms with Gasteiger partial charge in [-0.25, -0.2) is 0 Å². The topological polar surface area (TPSA) is 68.5 Å². The van der Waals surface area contributed by atoms with Crippen LogP contribution in [0.5, 0.6) is 0 Å². The second-order valence-corrected chi connectivity index (χ2v) is 5.38. The van der Waals surface area contributed by atoms with Crippen LogP contribution in [0.2, 0.25) is 0 Å². The van der Waals surface area contributed by atoms with Crippen molar-refractivity contribution < 1.29 is 14.1 Å². The molecular formula is C13H19N3O3. The highest BCUT2D eigenvalue weighted by atomic mass is 16.5. The van der Waals surface area contributed by atoms with Gasteiger partial charge in [-0.15, -0.1) is 0 Å². The average molecular weight is 265 g/mol. The van der Waals surface area contributed by atoms with Gasteiger partial charge in [0.15, 0.2) is 0 Å². The Bertz CT molecular complexity index is 460. The van der Waals surface area contributed by atoms with Crippen LogP contribution in [0.1, 0.15) is 49.4 Å². The Balaban J connectivity index is 1.73. The van der Waals surface area contributed by atoms with Crippen LogP contribution in [-0.2, 0) is 9.53 Å². The maximum atomic E-state index is 11.9. The molecule has 2 unspecified atom stereocenters. The fraction of sp³-hybridized carbons (Fsp3) is 0.769. The summed E-state index contributed by atoms with van der Waals surface area (Å²) in [6, 6.07) is 0. The summed E-state index contributed by atoms with van der Waals surface area (Å²) in [6.07, 6.45) is 3.34. The van der Waals surface area contributed by atoms with E-state index >= 15 is 0 Å². The van der Waals surface area contributed by atoms with Gasteiger partial charge >= 0.3 is 0 Å². The van der Waals surface area contributed by atoms with E-state index in [1.807, 2.05) is 7.05 Å². The van der Waals surface area contributed by atoms with Gasteiger partial charge in [0.1, 0.15) is 11.9 Å². The number of aromatic nitrogens is 2. The van der Waals surface area contributed by atoms with Crippen LogP contribution >= 0.6 is 0 Å². The van der Waals surface area contributed by atoms with Crippen molar-refractivity contribution in [1.82, 2.24) is 15.0 Å². The number of nitrogens with zero attached hydrogens (tertiary/aromatic N) is 3. The first-order chi connectivity index (χ1) is 9.24. The van der Waals surface area contributed by atoms with Gasteiger partial charge in [0, 0.05) is 19.5 Å². The highest BCUT2D eigenvalue weighted by molar-refractivity contribution is 5.85. The summed E-state index contributed by atoms with van der Waals surface area (Å²) in [7, 11) is 2.04. The third kappa shape index (κ3) is 2.69. The van der Waals surface area contributed by atoms with Crippen LogP contribution in [0.3, 0.4) is 0 Å². The summed E-state index contributed by atoms with van der Waals surface area (Å²) >= 11 is 0. The zero-order chi connectivity index (χ0) is 13.2. The van der Waals surface area contributed by atoms with Gasteiger partial charge in [-0.05, 0) is 19.9 Å². The lowest BCUT2D eigenvalue weighted by Crippen LogP contribution is -2.35. The Hall–Kier alpha value is -1.27. The number of hydrogen-bond acceptors (Lipinski definition) is 6. The van der Waals surface area contributed by atoms with E-state index in [0.29, 0.717) is 24.7 Å². The van der Waals surface area contributed by atoms with E-state index in [9.17, 15) is 4.79 Å². The minimum absolute atomic E-state index is 0.144. The van der Waals surface area contributed by atoms with Crippen molar-refractivity contribution >= 4 is 5.78 Å². The Morgan fingerprint density at radius 2 is 2.26 bits per heavy atom. The molecule has 0 N–H and O–H groups in total. The number of hydrogen-bond donors (Lipinski definition) is 0. The second-order valence-electron chi connectivity index (χ2n) is 5.38. The maximum absolute atomic E-state index is 11.9. The summed E-state index contributed by atoms with van der Waals surface area (Å²) in [5.41, 5.74) is 0. The number of likely N-dealkylation sites (N-methyl/N-ethyl adjacent to an activating group) is 1. The maximum Gasteiger partial charge on any atom is 0.237 e. The lowest BCUT2D eigenvalue weighted by Gasteiger charge is -2.27. The van der Waals surface area contributed by atoms with Gasteiger partial charge in [0.2, 0.25) is 11.7 Å². The average Bonchev–Trinajstić information content (AvgIpc) is 2.89. The first-order valence-corrected chi connectivity index (χ1v) is 6.90. The number of Topliss-reactive ketones (excluding diaryl/α,β-unsaturated/α-hetero) is 1. The molecule has 0 radical (unpaired) electrons. The number of carbonyl (C=O) groups is 1. The highest BCUT2D eigenvalue weighted by Crippen LogP contribution is 2.30. The number of rotatable bonds is 2. The molecule has 1 aliphatic heterocycles. The van der Waals surface area contributed by atoms with Crippen LogP contribution in [0.25, 0.3) is 0 Å². The molecule has 0 spiro atoms. The minimum Gasteiger partial charge on any atom is -0.367 e. The highest BCUT2D eigenvalue weighted by Gasteiger charge is 2.31. The molecule has 0 bridgehead atoms. The molecule has 0 aromatic carbocycles. The largest absolute Gasteiger partial charge is 0.367 e. The molecule has 2 aliphatic rings.